The van der Waals surface area contributed by atoms with Crippen molar-refractivity contribution in [3.8, 4) is 0 Å². The van der Waals surface area contributed by atoms with Gasteiger partial charge in [0.15, 0.2) is 6.39 Å². The third-order valence-electron chi connectivity index (χ3n) is 1.95. The van der Waals surface area contributed by atoms with E-state index in [0.29, 0.717) is 12.2 Å². The number of nitrogens with zero attached hydrogens (tertiary/aromatic N) is 2. The molecule has 2 aromatic heterocycles. The van der Waals surface area contributed by atoms with Crippen molar-refractivity contribution in [1.82, 2.24) is 20.3 Å². The maximum absolute atomic E-state index is 11.5. The molecule has 0 spiro atoms. The van der Waals surface area contributed by atoms with E-state index in [1.165, 1.54) is 6.39 Å². The number of aromatic nitrogens is 3. The van der Waals surface area contributed by atoms with Gasteiger partial charge >= 0.3 is 0 Å². The van der Waals surface area contributed by atoms with Crippen LogP contribution < -0.4 is 5.32 Å². The Morgan fingerprint density at radius 1 is 1.67 bits per heavy atom. The van der Waals surface area contributed by atoms with Gasteiger partial charge in [0, 0.05) is 6.20 Å². The molecule has 6 heteroatoms. The summed E-state index contributed by atoms with van der Waals surface area (Å²) in [7, 11) is 0. The van der Waals surface area contributed by atoms with Gasteiger partial charge in [-0.3, -0.25) is 4.79 Å². The molecule has 0 aliphatic rings. The van der Waals surface area contributed by atoms with E-state index >= 15 is 0 Å². The van der Waals surface area contributed by atoms with Gasteiger partial charge in [-0.25, -0.2) is 9.97 Å². The van der Waals surface area contributed by atoms with Gasteiger partial charge in [0.1, 0.15) is 0 Å². The highest BCUT2D eigenvalue weighted by Gasteiger charge is 2.13. The number of aryl methyl sites for hydroxylation is 1. The number of nitrogens with one attached hydrogen (secondary N) is 2. The fourth-order valence-electron chi connectivity index (χ4n) is 1.16. The zero-order valence-corrected chi connectivity index (χ0v) is 8.15. The van der Waals surface area contributed by atoms with E-state index in [-0.39, 0.29) is 11.7 Å². The van der Waals surface area contributed by atoms with Crippen molar-refractivity contribution in [2.45, 2.75) is 13.5 Å². The van der Waals surface area contributed by atoms with Crippen molar-refractivity contribution < 1.29 is 9.21 Å². The smallest absolute Gasteiger partial charge is 0.289 e. The molecule has 0 fully saturated rings. The highest BCUT2D eigenvalue weighted by Crippen LogP contribution is 2.04. The molecule has 0 aliphatic carbocycles. The summed E-state index contributed by atoms with van der Waals surface area (Å²) in [4.78, 5) is 22.1. The number of imidazole rings is 1. The minimum absolute atomic E-state index is 0.245. The predicted molar refractivity (Wildman–Crippen MR) is 51.0 cm³/mol. The second-order valence-electron chi connectivity index (χ2n) is 3.03. The maximum Gasteiger partial charge on any atom is 0.289 e. The van der Waals surface area contributed by atoms with Crippen LogP contribution >= 0.6 is 0 Å². The summed E-state index contributed by atoms with van der Waals surface area (Å²) in [6.45, 7) is 2.10. The quantitative estimate of drug-likeness (QED) is 0.771. The summed E-state index contributed by atoms with van der Waals surface area (Å²) < 4.78 is 4.95. The molecular weight excluding hydrogens is 196 g/mol. The Labute approximate surface area is 85.7 Å². The molecule has 0 saturated heterocycles. The summed E-state index contributed by atoms with van der Waals surface area (Å²) in [6, 6.07) is 0. The lowest BCUT2D eigenvalue weighted by molar-refractivity contribution is 0.0922. The van der Waals surface area contributed by atoms with Crippen LogP contribution in [0.4, 0.5) is 0 Å². The highest BCUT2D eigenvalue weighted by molar-refractivity contribution is 5.92. The Balaban J connectivity index is 1.96. The Bertz CT molecular complexity index is 446. The summed E-state index contributed by atoms with van der Waals surface area (Å²) >= 11 is 0. The molecule has 0 radical (unpaired) electrons. The largest absolute Gasteiger partial charge is 0.438 e. The standard InChI is InChI=1S/C9H10N4O2/c1-6-8(15-5-13-6)9(14)11-3-7-2-10-4-12-7/h2,4-5H,3H2,1H3,(H,10,12)(H,11,14). The molecule has 0 unspecified atom stereocenters. The van der Waals surface area contributed by atoms with Crippen LogP contribution in [-0.4, -0.2) is 20.9 Å². The topological polar surface area (TPSA) is 83.8 Å². The summed E-state index contributed by atoms with van der Waals surface area (Å²) in [5.74, 6) is -0.0332. The van der Waals surface area contributed by atoms with Crippen LogP contribution in [0.1, 0.15) is 21.9 Å². The number of hydrogen-bond acceptors (Lipinski definition) is 4. The summed E-state index contributed by atoms with van der Waals surface area (Å²) in [5, 5.41) is 2.68. The van der Waals surface area contributed by atoms with Crippen molar-refractivity contribution in [3.63, 3.8) is 0 Å². The van der Waals surface area contributed by atoms with Gasteiger partial charge in [0.25, 0.3) is 5.91 Å². The van der Waals surface area contributed by atoms with E-state index in [1.807, 2.05) is 0 Å². The van der Waals surface area contributed by atoms with Gasteiger partial charge < -0.3 is 14.7 Å². The molecule has 15 heavy (non-hydrogen) atoms. The van der Waals surface area contributed by atoms with E-state index in [9.17, 15) is 4.79 Å². The van der Waals surface area contributed by atoms with Gasteiger partial charge in [-0.2, -0.15) is 0 Å². The molecule has 0 aromatic carbocycles. The fourth-order valence-corrected chi connectivity index (χ4v) is 1.16. The normalized spacial score (nSPS) is 10.2. The number of H-pyrrole nitrogens is 1. The molecule has 2 N–H and O–H groups in total. The van der Waals surface area contributed by atoms with Crippen LogP contribution in [0.25, 0.3) is 0 Å². The second kappa shape index (κ2) is 3.95. The van der Waals surface area contributed by atoms with Crippen molar-refractivity contribution in [1.29, 1.82) is 0 Å². The summed E-state index contributed by atoms with van der Waals surface area (Å²) in [5.41, 5.74) is 1.41. The first-order valence-electron chi connectivity index (χ1n) is 4.43. The van der Waals surface area contributed by atoms with E-state index in [1.54, 1.807) is 19.4 Å². The lowest BCUT2D eigenvalue weighted by atomic mass is 10.3. The molecule has 0 saturated carbocycles. The van der Waals surface area contributed by atoms with Crippen molar-refractivity contribution in [2.75, 3.05) is 0 Å². The minimum atomic E-state index is -0.278. The molecule has 2 heterocycles. The zero-order chi connectivity index (χ0) is 10.7. The van der Waals surface area contributed by atoms with Crippen molar-refractivity contribution >= 4 is 5.91 Å². The fraction of sp³-hybridized carbons (Fsp3) is 0.222. The molecule has 1 amide bonds. The molecule has 6 nitrogen and oxygen atoms in total. The molecule has 78 valence electrons. The SMILES string of the molecule is Cc1ncoc1C(=O)NCc1cnc[nH]1. The number of amides is 1. The molecule has 2 aromatic rings. The van der Waals surface area contributed by atoms with Gasteiger partial charge in [-0.05, 0) is 6.92 Å². The highest BCUT2D eigenvalue weighted by atomic mass is 16.3. The van der Waals surface area contributed by atoms with Crippen LogP contribution in [0.2, 0.25) is 0 Å². The number of aromatic amines is 1. The summed E-state index contributed by atoms with van der Waals surface area (Å²) in [6.07, 6.45) is 4.45. The first kappa shape index (κ1) is 9.45. The molecule has 0 bridgehead atoms. The molecule has 0 aliphatic heterocycles. The Morgan fingerprint density at radius 3 is 3.13 bits per heavy atom. The Hall–Kier alpha value is -2.11. The van der Waals surface area contributed by atoms with Crippen LogP contribution in [0, 0.1) is 6.92 Å². The average molecular weight is 206 g/mol. The van der Waals surface area contributed by atoms with Crippen molar-refractivity contribution in [3.05, 3.63) is 36.1 Å². The van der Waals surface area contributed by atoms with E-state index in [4.69, 9.17) is 4.42 Å². The predicted octanol–water partition coefficient (Wildman–Crippen LogP) is 0.636. The lowest BCUT2D eigenvalue weighted by Gasteiger charge is -2.00. The number of hydrogen-bond donors (Lipinski definition) is 2. The van der Waals surface area contributed by atoms with Crippen molar-refractivity contribution in [2.24, 2.45) is 0 Å². The van der Waals surface area contributed by atoms with Crippen LogP contribution in [0.15, 0.2) is 23.3 Å². The third kappa shape index (κ3) is 2.04. The van der Waals surface area contributed by atoms with E-state index in [0.717, 1.165) is 5.69 Å². The van der Waals surface area contributed by atoms with Gasteiger partial charge in [0.2, 0.25) is 5.76 Å². The molecule has 2 rings (SSSR count). The van der Waals surface area contributed by atoms with Gasteiger partial charge in [0.05, 0.1) is 24.3 Å². The third-order valence-corrected chi connectivity index (χ3v) is 1.95. The number of rotatable bonds is 3. The molecule has 0 atom stereocenters. The number of oxazole rings is 1. The van der Waals surface area contributed by atoms with Gasteiger partial charge in [-0.15, -0.1) is 0 Å². The minimum Gasteiger partial charge on any atom is -0.438 e. The van der Waals surface area contributed by atoms with E-state index < -0.39 is 0 Å². The van der Waals surface area contributed by atoms with E-state index in [2.05, 4.69) is 20.3 Å². The first-order valence-corrected chi connectivity index (χ1v) is 4.43. The number of carbonyl (C=O) groups excluding carboxylic acids is 1. The Morgan fingerprint density at radius 2 is 2.53 bits per heavy atom. The first-order chi connectivity index (χ1) is 7.27. The lowest BCUT2D eigenvalue weighted by Crippen LogP contribution is -2.23. The number of carbonyl (C=O) groups is 1. The average Bonchev–Trinajstić information content (AvgIpc) is 2.84. The monoisotopic (exact) mass is 206 g/mol. The van der Waals surface area contributed by atoms with Gasteiger partial charge in [-0.1, -0.05) is 0 Å². The second-order valence-corrected chi connectivity index (χ2v) is 3.03. The molecular formula is C9H10N4O2. The van der Waals surface area contributed by atoms with Crippen LogP contribution in [-0.2, 0) is 6.54 Å². The maximum atomic E-state index is 11.5. The van der Waals surface area contributed by atoms with Crippen LogP contribution in [0.3, 0.4) is 0 Å². The Kier molecular flexibility index (Phi) is 2.49. The van der Waals surface area contributed by atoms with Crippen LogP contribution in [0.5, 0.6) is 0 Å². The zero-order valence-electron chi connectivity index (χ0n) is 8.15.